The number of rotatable bonds is 4. The summed E-state index contributed by atoms with van der Waals surface area (Å²) in [7, 11) is 1.75. The first-order valence-electron chi connectivity index (χ1n) is 7.55. The van der Waals surface area contributed by atoms with Crippen LogP contribution in [-0.4, -0.2) is 40.2 Å². The Bertz CT molecular complexity index is 496. The molecule has 0 bridgehead atoms. The fourth-order valence-corrected chi connectivity index (χ4v) is 2.50. The molecule has 0 spiro atoms. The molecule has 0 unspecified atom stereocenters. The quantitative estimate of drug-likeness (QED) is 0.786. The van der Waals surface area contributed by atoms with Crippen molar-refractivity contribution in [3.05, 3.63) is 17.7 Å². The first-order valence-corrected chi connectivity index (χ1v) is 7.55. The Morgan fingerprint density at radius 3 is 2.57 bits per heavy atom. The number of carbonyl (C=O) groups excluding carboxylic acids is 1. The molecule has 6 nitrogen and oxygen atoms in total. The second kappa shape index (κ2) is 6.85. The van der Waals surface area contributed by atoms with Gasteiger partial charge in [0.15, 0.2) is 5.69 Å². The van der Waals surface area contributed by atoms with E-state index in [1.165, 1.54) is 0 Å². The average molecular weight is 292 g/mol. The summed E-state index contributed by atoms with van der Waals surface area (Å²) in [6.07, 6.45) is 4.53. The van der Waals surface area contributed by atoms with Crippen LogP contribution >= 0.6 is 0 Å². The summed E-state index contributed by atoms with van der Waals surface area (Å²) in [4.78, 5) is 21.1. The van der Waals surface area contributed by atoms with Crippen molar-refractivity contribution in [1.82, 2.24) is 15.3 Å². The number of aliphatic hydroxyl groups excluding tert-OH is 1. The van der Waals surface area contributed by atoms with Crippen LogP contribution in [0.5, 0.6) is 0 Å². The van der Waals surface area contributed by atoms with Gasteiger partial charge in [-0.05, 0) is 25.7 Å². The lowest BCUT2D eigenvalue weighted by atomic mass is 9.93. The highest BCUT2D eigenvalue weighted by Gasteiger charge is 2.23. The lowest BCUT2D eigenvalue weighted by Gasteiger charge is -2.26. The van der Waals surface area contributed by atoms with Crippen LogP contribution in [0.2, 0.25) is 0 Å². The highest BCUT2D eigenvalue weighted by atomic mass is 16.3. The van der Waals surface area contributed by atoms with Crippen LogP contribution in [0.15, 0.2) is 6.20 Å². The Morgan fingerprint density at radius 2 is 2.00 bits per heavy atom. The number of hydrogen-bond donors (Lipinski definition) is 3. The molecular formula is C15H24N4O2. The van der Waals surface area contributed by atoms with E-state index in [1.54, 1.807) is 13.2 Å². The lowest BCUT2D eigenvalue weighted by molar-refractivity contribution is 0.0863. The number of aliphatic hydroxyl groups is 1. The summed E-state index contributed by atoms with van der Waals surface area (Å²) in [5.41, 5.74) is 1.02. The minimum atomic E-state index is -0.224. The van der Waals surface area contributed by atoms with E-state index in [-0.39, 0.29) is 24.0 Å². The summed E-state index contributed by atoms with van der Waals surface area (Å²) < 4.78 is 0. The van der Waals surface area contributed by atoms with Crippen molar-refractivity contribution in [1.29, 1.82) is 0 Å². The topological polar surface area (TPSA) is 87.1 Å². The number of amides is 1. The van der Waals surface area contributed by atoms with E-state index in [1.807, 2.05) is 13.8 Å². The van der Waals surface area contributed by atoms with Crippen molar-refractivity contribution in [3.8, 4) is 0 Å². The third-order valence-electron chi connectivity index (χ3n) is 3.84. The van der Waals surface area contributed by atoms with Crippen molar-refractivity contribution < 1.29 is 9.90 Å². The Labute approximate surface area is 125 Å². The molecule has 1 aliphatic rings. The maximum absolute atomic E-state index is 12.4. The van der Waals surface area contributed by atoms with Crippen molar-refractivity contribution in [3.63, 3.8) is 0 Å². The van der Waals surface area contributed by atoms with Gasteiger partial charge in [-0.1, -0.05) is 13.8 Å². The van der Waals surface area contributed by atoms with Crippen molar-refractivity contribution in [2.24, 2.45) is 0 Å². The number of nitrogens with one attached hydrogen (secondary N) is 2. The van der Waals surface area contributed by atoms with Crippen LogP contribution in [0.3, 0.4) is 0 Å². The molecule has 1 saturated carbocycles. The maximum atomic E-state index is 12.4. The molecule has 0 radical (unpaired) electrons. The predicted octanol–water partition coefficient (Wildman–Crippen LogP) is 1.67. The summed E-state index contributed by atoms with van der Waals surface area (Å²) >= 11 is 0. The molecule has 6 heteroatoms. The number of anilines is 1. The zero-order valence-electron chi connectivity index (χ0n) is 12.9. The molecule has 0 saturated heterocycles. The van der Waals surface area contributed by atoms with E-state index < -0.39 is 0 Å². The molecule has 116 valence electrons. The lowest BCUT2D eigenvalue weighted by Crippen LogP contribution is -2.39. The molecule has 1 amide bonds. The number of carbonyl (C=O) groups is 1. The maximum Gasteiger partial charge on any atom is 0.272 e. The normalized spacial score (nSPS) is 22.1. The predicted molar refractivity (Wildman–Crippen MR) is 81.4 cm³/mol. The molecule has 21 heavy (non-hydrogen) atoms. The second-order valence-corrected chi connectivity index (χ2v) is 5.87. The molecule has 1 heterocycles. The minimum Gasteiger partial charge on any atom is -0.393 e. The third kappa shape index (κ3) is 3.91. The molecule has 1 aromatic rings. The number of aromatic nitrogens is 2. The molecular weight excluding hydrogens is 268 g/mol. The van der Waals surface area contributed by atoms with Crippen molar-refractivity contribution in [2.75, 3.05) is 12.4 Å². The smallest absolute Gasteiger partial charge is 0.272 e. The Balaban J connectivity index is 2.12. The number of hydrogen-bond acceptors (Lipinski definition) is 5. The SMILES string of the molecule is CNc1cnc(C(C)C)nc1C(=O)NC1CCC(O)CC1. The van der Waals surface area contributed by atoms with E-state index >= 15 is 0 Å². The third-order valence-corrected chi connectivity index (χ3v) is 3.84. The van der Waals surface area contributed by atoms with Gasteiger partial charge in [-0.15, -0.1) is 0 Å². The van der Waals surface area contributed by atoms with E-state index in [0.717, 1.165) is 25.7 Å². The largest absolute Gasteiger partial charge is 0.393 e. The molecule has 0 aliphatic heterocycles. The Morgan fingerprint density at radius 1 is 1.33 bits per heavy atom. The fraction of sp³-hybridized carbons (Fsp3) is 0.667. The van der Waals surface area contributed by atoms with E-state index in [9.17, 15) is 9.90 Å². The van der Waals surface area contributed by atoms with Gasteiger partial charge in [0.25, 0.3) is 5.91 Å². The summed E-state index contributed by atoms with van der Waals surface area (Å²) in [6.45, 7) is 4.00. The van der Waals surface area contributed by atoms with E-state index in [4.69, 9.17) is 0 Å². The Kier molecular flexibility index (Phi) is 5.12. The van der Waals surface area contributed by atoms with Gasteiger partial charge in [-0.25, -0.2) is 9.97 Å². The van der Waals surface area contributed by atoms with Gasteiger partial charge in [0, 0.05) is 19.0 Å². The average Bonchev–Trinajstić information content (AvgIpc) is 2.48. The van der Waals surface area contributed by atoms with Crippen LogP contribution in [0.25, 0.3) is 0 Å². The first-order chi connectivity index (χ1) is 10.0. The molecule has 0 atom stereocenters. The van der Waals surface area contributed by atoms with E-state index in [0.29, 0.717) is 17.2 Å². The van der Waals surface area contributed by atoms with Gasteiger partial charge in [0.1, 0.15) is 5.82 Å². The highest BCUT2D eigenvalue weighted by Crippen LogP contribution is 2.20. The van der Waals surface area contributed by atoms with Crippen LogP contribution in [0.4, 0.5) is 5.69 Å². The molecule has 0 aromatic carbocycles. The zero-order chi connectivity index (χ0) is 15.4. The first kappa shape index (κ1) is 15.7. The van der Waals surface area contributed by atoms with Gasteiger partial charge < -0.3 is 15.7 Å². The fourth-order valence-electron chi connectivity index (χ4n) is 2.50. The second-order valence-electron chi connectivity index (χ2n) is 5.87. The Hall–Kier alpha value is -1.69. The van der Waals surface area contributed by atoms with Gasteiger partial charge in [0.2, 0.25) is 0 Å². The van der Waals surface area contributed by atoms with Crippen LogP contribution in [0, 0.1) is 0 Å². The summed E-state index contributed by atoms with van der Waals surface area (Å²) in [5, 5.41) is 15.5. The van der Waals surface area contributed by atoms with Gasteiger partial charge >= 0.3 is 0 Å². The molecule has 1 fully saturated rings. The van der Waals surface area contributed by atoms with Crippen LogP contribution in [0.1, 0.15) is 61.8 Å². The van der Waals surface area contributed by atoms with Crippen LogP contribution in [-0.2, 0) is 0 Å². The standard InChI is InChI=1S/C15H24N4O2/c1-9(2)14-17-8-12(16-3)13(19-14)15(21)18-10-4-6-11(20)7-5-10/h8-11,16,20H,4-7H2,1-3H3,(H,18,21). The monoisotopic (exact) mass is 292 g/mol. The van der Waals surface area contributed by atoms with Crippen molar-refractivity contribution >= 4 is 11.6 Å². The van der Waals surface area contributed by atoms with Crippen LogP contribution < -0.4 is 10.6 Å². The van der Waals surface area contributed by atoms with Gasteiger partial charge in [-0.3, -0.25) is 4.79 Å². The van der Waals surface area contributed by atoms with Gasteiger partial charge in [-0.2, -0.15) is 0 Å². The van der Waals surface area contributed by atoms with Gasteiger partial charge in [0.05, 0.1) is 18.0 Å². The highest BCUT2D eigenvalue weighted by molar-refractivity contribution is 5.97. The minimum absolute atomic E-state index is 0.114. The molecule has 3 N–H and O–H groups in total. The molecule has 2 rings (SSSR count). The zero-order valence-corrected chi connectivity index (χ0v) is 12.9. The molecule has 1 aromatic heterocycles. The summed E-state index contributed by atoms with van der Waals surface area (Å²) in [6, 6.07) is 0.114. The summed E-state index contributed by atoms with van der Waals surface area (Å²) in [5.74, 6) is 0.663. The number of nitrogens with zero attached hydrogens (tertiary/aromatic N) is 2. The van der Waals surface area contributed by atoms with Crippen molar-refractivity contribution in [2.45, 2.75) is 57.6 Å². The molecule has 1 aliphatic carbocycles. The van der Waals surface area contributed by atoms with E-state index in [2.05, 4.69) is 20.6 Å².